The van der Waals surface area contributed by atoms with E-state index >= 15 is 0 Å². The fraction of sp³-hybridized carbons (Fsp3) is 0.273. The quantitative estimate of drug-likeness (QED) is 0.322. The van der Waals surface area contributed by atoms with Gasteiger partial charge >= 0.3 is 11.1 Å². The van der Waals surface area contributed by atoms with Crippen molar-refractivity contribution in [3.63, 3.8) is 0 Å². The molecule has 0 saturated carbocycles. The molecule has 0 fully saturated rings. The van der Waals surface area contributed by atoms with E-state index in [-0.39, 0.29) is 21.5 Å². The lowest BCUT2D eigenvalue weighted by Gasteiger charge is -2.07. The van der Waals surface area contributed by atoms with Crippen LogP contribution in [-0.2, 0) is 13.1 Å². The predicted octanol–water partition coefficient (Wildman–Crippen LogP) is -0.219. The van der Waals surface area contributed by atoms with Crippen molar-refractivity contribution < 1.29 is 10.1 Å². The predicted molar refractivity (Wildman–Crippen MR) is 67.8 cm³/mol. The van der Waals surface area contributed by atoms with E-state index < -0.39 is 16.0 Å². The van der Waals surface area contributed by atoms with Crippen LogP contribution < -0.4 is 11.1 Å². The van der Waals surface area contributed by atoms with E-state index in [1.807, 2.05) is 4.90 Å². The summed E-state index contributed by atoms with van der Waals surface area (Å²) in [6.45, 7) is 0.760. The molecule has 1 aromatic heterocycles. The zero-order chi connectivity index (χ0) is 14.6. The highest BCUT2D eigenvalue weighted by Crippen LogP contribution is 2.34. The molecular weight excluding hydrogens is 268 g/mol. The highest BCUT2D eigenvalue weighted by molar-refractivity contribution is 5.83. The lowest BCUT2D eigenvalue weighted by molar-refractivity contribution is -0.385. The van der Waals surface area contributed by atoms with Crippen molar-refractivity contribution in [3.05, 3.63) is 48.0 Å². The summed E-state index contributed by atoms with van der Waals surface area (Å²) in [6, 6.07) is 1.10. The molecule has 104 valence electrons. The first kappa shape index (κ1) is 12.4. The monoisotopic (exact) mass is 278 g/mol. The molecule has 0 aliphatic carbocycles. The number of fused-ring (bicyclic) bond motifs is 3. The van der Waals surface area contributed by atoms with Crippen molar-refractivity contribution in [3.8, 4) is 0 Å². The second-order valence-electron chi connectivity index (χ2n) is 4.75. The largest absolute Gasteiger partial charge is 0.425 e. The van der Waals surface area contributed by atoms with Gasteiger partial charge in [-0.3, -0.25) is 24.6 Å². The van der Waals surface area contributed by atoms with Gasteiger partial charge in [-0.2, -0.15) is 0 Å². The van der Waals surface area contributed by atoms with Crippen molar-refractivity contribution in [2.24, 2.45) is 0 Å². The molecule has 0 unspecified atom stereocenters. The number of nitrogens with zero attached hydrogens (tertiary/aromatic N) is 3. The van der Waals surface area contributed by atoms with E-state index in [1.165, 1.54) is 0 Å². The van der Waals surface area contributed by atoms with E-state index in [2.05, 4.69) is 4.98 Å². The third-order valence-corrected chi connectivity index (χ3v) is 3.41. The second kappa shape index (κ2) is 3.90. The number of nitro groups is 1. The number of hydrogen-bond acceptors (Lipinski definition) is 6. The van der Waals surface area contributed by atoms with Crippen LogP contribution in [0.25, 0.3) is 11.0 Å². The van der Waals surface area contributed by atoms with Crippen molar-refractivity contribution in [2.75, 3.05) is 7.05 Å². The number of H-pyrrole nitrogens is 1. The van der Waals surface area contributed by atoms with Crippen LogP contribution in [0.4, 0.5) is 5.69 Å². The summed E-state index contributed by atoms with van der Waals surface area (Å²) >= 11 is 0. The molecule has 3 rings (SSSR count). The average Bonchev–Trinajstić information content (AvgIpc) is 2.77. The fourth-order valence-corrected chi connectivity index (χ4v) is 2.54. The van der Waals surface area contributed by atoms with Gasteiger partial charge in [-0.05, 0) is 7.05 Å². The minimum absolute atomic E-state index is 0.0737. The topological polar surface area (TPSA) is 121 Å². The maximum absolute atomic E-state index is 11.5. The zero-order valence-corrected chi connectivity index (χ0v) is 10.4. The lowest BCUT2D eigenvalue weighted by Crippen LogP contribution is -2.35. The SMILES string of the molecule is CN1Cc2c([N+](=O)[O-])cc3c([nH]c(=O)c(=O)n3O)c2C1. The van der Waals surface area contributed by atoms with Gasteiger partial charge in [-0.15, -0.1) is 4.73 Å². The Kier molecular flexibility index (Phi) is 2.41. The van der Waals surface area contributed by atoms with Gasteiger partial charge in [0.05, 0.1) is 16.0 Å². The van der Waals surface area contributed by atoms with Crippen LogP contribution in [0.15, 0.2) is 15.7 Å². The molecule has 1 aliphatic heterocycles. The molecule has 20 heavy (non-hydrogen) atoms. The average molecular weight is 278 g/mol. The van der Waals surface area contributed by atoms with Gasteiger partial charge in [-0.25, -0.2) is 0 Å². The highest BCUT2D eigenvalue weighted by Gasteiger charge is 2.29. The zero-order valence-electron chi connectivity index (χ0n) is 10.4. The van der Waals surface area contributed by atoms with Gasteiger partial charge in [0, 0.05) is 24.7 Å². The summed E-state index contributed by atoms with van der Waals surface area (Å²) in [5.74, 6) is 0. The van der Waals surface area contributed by atoms with Crippen molar-refractivity contribution in [2.45, 2.75) is 13.1 Å². The van der Waals surface area contributed by atoms with Gasteiger partial charge < -0.3 is 10.2 Å². The molecule has 2 N–H and O–H groups in total. The van der Waals surface area contributed by atoms with Crippen LogP contribution in [0.3, 0.4) is 0 Å². The van der Waals surface area contributed by atoms with E-state index in [4.69, 9.17) is 0 Å². The summed E-state index contributed by atoms with van der Waals surface area (Å²) < 4.78 is 0.153. The normalized spacial score (nSPS) is 14.7. The summed E-state index contributed by atoms with van der Waals surface area (Å²) in [6.07, 6.45) is 0. The molecule has 1 aromatic carbocycles. The Morgan fingerprint density at radius 1 is 1.35 bits per heavy atom. The van der Waals surface area contributed by atoms with Crippen molar-refractivity contribution in [1.82, 2.24) is 14.6 Å². The maximum Gasteiger partial charge on any atom is 0.348 e. The van der Waals surface area contributed by atoms with Crippen molar-refractivity contribution >= 4 is 16.7 Å². The lowest BCUT2D eigenvalue weighted by atomic mass is 10.1. The first-order valence-electron chi connectivity index (χ1n) is 5.76. The summed E-state index contributed by atoms with van der Waals surface area (Å²) in [4.78, 5) is 37.7. The molecule has 0 radical (unpaired) electrons. The molecular formula is C11H10N4O5. The highest BCUT2D eigenvalue weighted by atomic mass is 16.6. The Morgan fingerprint density at radius 3 is 2.65 bits per heavy atom. The molecule has 2 aromatic rings. The minimum atomic E-state index is -1.17. The van der Waals surface area contributed by atoms with E-state index in [9.17, 15) is 24.9 Å². The molecule has 2 heterocycles. The Bertz CT molecular complexity index is 866. The first-order chi connectivity index (χ1) is 9.40. The van der Waals surface area contributed by atoms with Gasteiger partial charge in [0.25, 0.3) is 5.69 Å². The van der Waals surface area contributed by atoms with Crippen molar-refractivity contribution in [1.29, 1.82) is 0 Å². The van der Waals surface area contributed by atoms with Crippen LogP contribution in [0.1, 0.15) is 11.1 Å². The molecule has 1 aliphatic rings. The van der Waals surface area contributed by atoms with E-state index in [0.717, 1.165) is 6.07 Å². The molecule has 9 nitrogen and oxygen atoms in total. The fourth-order valence-electron chi connectivity index (χ4n) is 2.54. The first-order valence-corrected chi connectivity index (χ1v) is 5.76. The number of nitrogens with one attached hydrogen (secondary N) is 1. The number of aromatic nitrogens is 2. The Labute approximate surface area is 110 Å². The summed E-state index contributed by atoms with van der Waals surface area (Å²) in [5, 5.41) is 20.8. The Balaban J connectivity index is 2.53. The molecule has 0 saturated heterocycles. The van der Waals surface area contributed by atoms with E-state index in [1.54, 1.807) is 7.05 Å². The number of benzene rings is 1. The van der Waals surface area contributed by atoms with E-state index in [0.29, 0.717) is 24.2 Å². The van der Waals surface area contributed by atoms with Gasteiger partial charge in [0.1, 0.15) is 5.52 Å². The van der Waals surface area contributed by atoms with Gasteiger partial charge in [0.15, 0.2) is 0 Å². The third-order valence-electron chi connectivity index (χ3n) is 3.41. The smallest absolute Gasteiger partial charge is 0.348 e. The Hall–Kier alpha value is -2.68. The molecule has 0 atom stereocenters. The van der Waals surface area contributed by atoms with Gasteiger partial charge in [-0.1, -0.05) is 0 Å². The second-order valence-corrected chi connectivity index (χ2v) is 4.75. The molecule has 9 heteroatoms. The van der Waals surface area contributed by atoms with Crippen LogP contribution in [-0.4, -0.2) is 31.8 Å². The van der Waals surface area contributed by atoms with Crippen LogP contribution in [0.5, 0.6) is 0 Å². The van der Waals surface area contributed by atoms with Crippen LogP contribution in [0.2, 0.25) is 0 Å². The standard InChI is InChI=1S/C11H10N4O5/c1-13-3-5-6(4-13)9-8(2-7(5)15(19)20)14(18)11(17)10(16)12-9/h2,18H,3-4H2,1H3,(H,12,16). The third kappa shape index (κ3) is 1.53. The van der Waals surface area contributed by atoms with Crippen LogP contribution >= 0.6 is 0 Å². The molecule has 0 amide bonds. The molecule has 0 spiro atoms. The number of nitro benzene ring substituents is 1. The number of aromatic amines is 1. The summed E-state index contributed by atoms with van der Waals surface area (Å²) in [7, 11) is 1.78. The van der Waals surface area contributed by atoms with Crippen LogP contribution in [0, 0.1) is 10.1 Å². The minimum Gasteiger partial charge on any atom is -0.425 e. The number of rotatable bonds is 1. The Morgan fingerprint density at radius 2 is 2.00 bits per heavy atom. The number of hydrogen-bond donors (Lipinski definition) is 2. The summed E-state index contributed by atoms with van der Waals surface area (Å²) in [5.41, 5.74) is -1.09. The maximum atomic E-state index is 11.5. The molecule has 0 bridgehead atoms. The van der Waals surface area contributed by atoms with Gasteiger partial charge in [0.2, 0.25) is 0 Å².